The molecule has 0 saturated carbocycles. The quantitative estimate of drug-likeness (QED) is 0.516. The fraction of sp³-hybridized carbons (Fsp3) is 0.600. The van der Waals surface area contributed by atoms with Crippen LogP contribution in [0.3, 0.4) is 0 Å². The monoisotopic (exact) mass is 200 g/mol. The van der Waals surface area contributed by atoms with Crippen molar-refractivity contribution in [3.8, 4) is 12.3 Å². The smallest absolute Gasteiger partial charge is 0.264 e. The molecule has 0 aromatic rings. The lowest BCUT2D eigenvalue weighted by molar-refractivity contribution is -0.128. The summed E-state index contributed by atoms with van der Waals surface area (Å²) < 4.78 is 42.9. The van der Waals surface area contributed by atoms with Gasteiger partial charge in [0, 0.05) is 0 Å². The van der Waals surface area contributed by atoms with Crippen molar-refractivity contribution >= 4 is 7.82 Å². The van der Waals surface area contributed by atoms with Gasteiger partial charge in [-0.15, -0.1) is 6.42 Å². The summed E-state index contributed by atoms with van der Waals surface area (Å²) in [7, 11) is -4.80. The number of hydrogen-bond acceptors (Lipinski definition) is 4. The molecule has 0 amide bonds. The number of hydrogen-bond donors (Lipinski definition) is 0. The molecule has 0 aliphatic heterocycles. The van der Waals surface area contributed by atoms with Crippen molar-refractivity contribution < 1.29 is 27.6 Å². The SMILES string of the molecule is C#CC(C)(C)OP(=O)(OF)OF. The van der Waals surface area contributed by atoms with Gasteiger partial charge < -0.3 is 0 Å². The molecule has 0 unspecified atom stereocenters. The highest BCUT2D eigenvalue weighted by Gasteiger charge is 2.36. The van der Waals surface area contributed by atoms with Crippen LogP contribution in [0.1, 0.15) is 13.8 Å². The lowest BCUT2D eigenvalue weighted by Crippen LogP contribution is -2.20. The fourth-order valence-corrected chi connectivity index (χ4v) is 1.03. The third-order valence-corrected chi connectivity index (χ3v) is 1.87. The van der Waals surface area contributed by atoms with Gasteiger partial charge in [-0.2, -0.15) is 0 Å². The van der Waals surface area contributed by atoms with Crippen LogP contribution in [-0.4, -0.2) is 5.60 Å². The van der Waals surface area contributed by atoms with Gasteiger partial charge in [-0.25, -0.2) is 4.57 Å². The molecule has 0 aromatic heterocycles. The maximum Gasteiger partial charge on any atom is 0.538 e. The highest BCUT2D eigenvalue weighted by Crippen LogP contribution is 2.53. The third-order valence-electron chi connectivity index (χ3n) is 0.857. The highest BCUT2D eigenvalue weighted by atomic mass is 31.2. The van der Waals surface area contributed by atoms with Crippen LogP contribution in [0, 0.1) is 12.3 Å². The highest BCUT2D eigenvalue weighted by molar-refractivity contribution is 7.48. The summed E-state index contributed by atoms with van der Waals surface area (Å²) in [6.07, 6.45) is 4.87. The zero-order valence-electron chi connectivity index (χ0n) is 6.41. The topological polar surface area (TPSA) is 44.8 Å². The van der Waals surface area contributed by atoms with E-state index in [-0.39, 0.29) is 0 Å². The van der Waals surface area contributed by atoms with Gasteiger partial charge in [0.05, 0.1) is 0 Å². The van der Waals surface area contributed by atoms with E-state index in [0.29, 0.717) is 0 Å². The van der Waals surface area contributed by atoms with Crippen molar-refractivity contribution in [2.75, 3.05) is 0 Å². The fourth-order valence-electron chi connectivity index (χ4n) is 0.345. The van der Waals surface area contributed by atoms with Gasteiger partial charge in [0.2, 0.25) is 0 Å². The molecule has 0 N–H and O–H groups in total. The summed E-state index contributed by atoms with van der Waals surface area (Å²) in [6, 6.07) is 0. The van der Waals surface area contributed by atoms with Gasteiger partial charge in [-0.1, -0.05) is 15.4 Å². The van der Waals surface area contributed by atoms with Crippen LogP contribution in [0.15, 0.2) is 0 Å². The van der Waals surface area contributed by atoms with E-state index in [1.54, 1.807) is 0 Å². The third kappa shape index (κ3) is 3.28. The molecule has 0 aliphatic carbocycles. The average Bonchev–Trinajstić information content (AvgIpc) is 2.04. The Labute approximate surface area is 68.2 Å². The minimum absolute atomic E-state index is 1.26. The van der Waals surface area contributed by atoms with Gasteiger partial charge in [-0.05, 0) is 22.9 Å². The number of rotatable bonds is 4. The van der Waals surface area contributed by atoms with E-state index in [0.717, 1.165) is 0 Å². The van der Waals surface area contributed by atoms with Crippen molar-refractivity contribution in [3.05, 3.63) is 0 Å². The largest absolute Gasteiger partial charge is 0.538 e. The van der Waals surface area contributed by atoms with Crippen molar-refractivity contribution in [2.24, 2.45) is 0 Å². The van der Waals surface area contributed by atoms with E-state index in [9.17, 15) is 13.6 Å². The standard InChI is InChI=1S/C5H7F2O4P/c1-4-5(2,3)9-12(8,10-6)11-7/h1H,2-3H3. The molecule has 0 atom stereocenters. The Morgan fingerprint density at radius 2 is 1.83 bits per heavy atom. The van der Waals surface area contributed by atoms with Crippen molar-refractivity contribution in [1.82, 2.24) is 0 Å². The molecule has 12 heavy (non-hydrogen) atoms. The first-order valence-electron chi connectivity index (χ1n) is 2.78. The summed E-state index contributed by atoms with van der Waals surface area (Å²) in [5.41, 5.74) is -1.44. The Hall–Kier alpha value is -0.470. The summed E-state index contributed by atoms with van der Waals surface area (Å²) in [5.74, 6) is 1.98. The van der Waals surface area contributed by atoms with E-state index in [1.807, 2.05) is 5.92 Å². The number of terminal acetylenes is 1. The molecule has 0 heterocycles. The van der Waals surface area contributed by atoms with Gasteiger partial charge in [0.25, 0.3) is 0 Å². The minimum atomic E-state index is -4.80. The molecule has 4 nitrogen and oxygen atoms in total. The van der Waals surface area contributed by atoms with E-state index in [4.69, 9.17) is 6.42 Å². The predicted molar refractivity (Wildman–Crippen MR) is 36.0 cm³/mol. The van der Waals surface area contributed by atoms with Crippen LogP contribution in [0.5, 0.6) is 0 Å². The Balaban J connectivity index is 4.44. The molecule has 0 aliphatic rings. The van der Waals surface area contributed by atoms with E-state index in [1.165, 1.54) is 13.8 Å². The Kier molecular flexibility index (Phi) is 3.81. The number of phosphoric acid groups is 1. The van der Waals surface area contributed by atoms with E-state index in [2.05, 4.69) is 14.0 Å². The number of halogens is 2. The van der Waals surface area contributed by atoms with Gasteiger partial charge in [-0.3, -0.25) is 4.52 Å². The zero-order valence-corrected chi connectivity index (χ0v) is 7.31. The van der Waals surface area contributed by atoms with E-state index < -0.39 is 13.4 Å². The Morgan fingerprint density at radius 1 is 1.42 bits per heavy atom. The molecule has 0 spiro atoms. The lowest BCUT2D eigenvalue weighted by atomic mass is 10.2. The molecule has 0 saturated heterocycles. The second kappa shape index (κ2) is 3.97. The molecular formula is C5H7F2O4P. The normalized spacial score (nSPS) is 12.6. The van der Waals surface area contributed by atoms with Crippen LogP contribution in [-0.2, 0) is 18.5 Å². The van der Waals surface area contributed by atoms with Crippen LogP contribution >= 0.6 is 7.82 Å². The molecule has 0 bridgehead atoms. The summed E-state index contributed by atoms with van der Waals surface area (Å²) in [5, 5.41) is 0. The Morgan fingerprint density at radius 3 is 2.08 bits per heavy atom. The minimum Gasteiger partial charge on any atom is -0.264 e. The summed E-state index contributed by atoms with van der Waals surface area (Å²) >= 11 is 0. The second-order valence-corrected chi connectivity index (χ2v) is 3.68. The first-order chi connectivity index (χ1) is 5.39. The van der Waals surface area contributed by atoms with Crippen LogP contribution in [0.4, 0.5) is 9.05 Å². The first-order valence-corrected chi connectivity index (χ1v) is 4.24. The van der Waals surface area contributed by atoms with Gasteiger partial charge >= 0.3 is 7.82 Å². The second-order valence-electron chi connectivity index (χ2n) is 2.33. The van der Waals surface area contributed by atoms with Crippen LogP contribution < -0.4 is 0 Å². The van der Waals surface area contributed by atoms with Gasteiger partial charge in [0.1, 0.15) is 5.60 Å². The summed E-state index contributed by atoms with van der Waals surface area (Å²) in [4.78, 5) is 0. The van der Waals surface area contributed by atoms with Gasteiger partial charge in [0.15, 0.2) is 0 Å². The molecular weight excluding hydrogens is 193 g/mol. The van der Waals surface area contributed by atoms with Crippen LogP contribution in [0.25, 0.3) is 0 Å². The maximum atomic E-state index is 11.4. The van der Waals surface area contributed by atoms with Crippen LogP contribution in [0.2, 0.25) is 0 Å². The lowest BCUT2D eigenvalue weighted by Gasteiger charge is -2.19. The summed E-state index contributed by atoms with van der Waals surface area (Å²) in [6.45, 7) is 2.52. The molecule has 0 rings (SSSR count). The molecule has 0 aromatic carbocycles. The van der Waals surface area contributed by atoms with Crippen molar-refractivity contribution in [2.45, 2.75) is 19.4 Å². The first kappa shape index (κ1) is 11.5. The predicted octanol–water partition coefficient (Wildman–Crippen LogP) is 2.33. The zero-order chi connectivity index (χ0) is 9.83. The molecule has 0 fully saturated rings. The average molecular weight is 200 g/mol. The maximum absolute atomic E-state index is 11.4. The molecule has 7 heteroatoms. The van der Waals surface area contributed by atoms with Crippen molar-refractivity contribution in [1.29, 1.82) is 0 Å². The van der Waals surface area contributed by atoms with E-state index >= 15 is 0 Å². The molecule has 70 valence electrons. The Bertz CT molecular complexity index is 226. The molecule has 0 radical (unpaired) electrons. The van der Waals surface area contributed by atoms with Crippen molar-refractivity contribution in [3.63, 3.8) is 0 Å².